The van der Waals surface area contributed by atoms with Gasteiger partial charge in [-0.15, -0.1) is 0 Å². The van der Waals surface area contributed by atoms with Gasteiger partial charge in [-0.1, -0.05) is 22.0 Å². The third kappa shape index (κ3) is 4.27. The fourth-order valence-corrected chi connectivity index (χ4v) is 3.48. The molecule has 3 aromatic rings. The van der Waals surface area contributed by atoms with Crippen molar-refractivity contribution in [2.45, 2.75) is 0 Å². The van der Waals surface area contributed by atoms with Crippen molar-refractivity contribution in [1.29, 1.82) is 0 Å². The van der Waals surface area contributed by atoms with Gasteiger partial charge in [-0.25, -0.2) is 15.0 Å². The third-order valence-electron chi connectivity index (χ3n) is 4.64. The molecule has 0 bridgehead atoms. The molecule has 1 fully saturated rings. The number of piperazine rings is 1. The van der Waals surface area contributed by atoms with E-state index in [1.54, 1.807) is 6.20 Å². The van der Waals surface area contributed by atoms with Gasteiger partial charge in [0.2, 0.25) is 11.6 Å². The Bertz CT molecular complexity index is 993. The molecule has 0 unspecified atom stereocenters. The lowest BCUT2D eigenvalue weighted by Crippen LogP contribution is -2.47. The molecule has 0 aliphatic carbocycles. The number of hydrogen-bond acceptors (Lipinski definition) is 8. The van der Waals surface area contributed by atoms with Crippen molar-refractivity contribution in [1.82, 2.24) is 15.0 Å². The van der Waals surface area contributed by atoms with Gasteiger partial charge in [-0.05, 0) is 36.4 Å². The van der Waals surface area contributed by atoms with Gasteiger partial charge in [0, 0.05) is 42.5 Å². The highest BCUT2D eigenvalue weighted by Crippen LogP contribution is 2.34. The maximum Gasteiger partial charge on any atom is 0.353 e. The molecule has 1 aliphatic rings. The predicted octanol–water partition coefficient (Wildman–Crippen LogP) is 3.61. The molecule has 0 amide bonds. The molecule has 0 spiro atoms. The number of nitrogens with one attached hydrogen (secondary N) is 1. The van der Waals surface area contributed by atoms with Gasteiger partial charge < -0.3 is 15.1 Å². The summed E-state index contributed by atoms with van der Waals surface area (Å²) in [6.07, 6.45) is 3.12. The van der Waals surface area contributed by atoms with E-state index >= 15 is 0 Å². The zero-order chi connectivity index (χ0) is 20.2. The predicted molar refractivity (Wildman–Crippen MR) is 115 cm³/mol. The largest absolute Gasteiger partial charge is 0.353 e. The lowest BCUT2D eigenvalue weighted by atomic mass is 10.2. The molecule has 1 aliphatic heterocycles. The quantitative estimate of drug-likeness (QED) is 0.459. The first-order valence-electron chi connectivity index (χ1n) is 9.05. The smallest absolute Gasteiger partial charge is 0.353 e. The molecule has 10 heteroatoms. The number of hydrogen-bond donors (Lipinski definition) is 1. The van der Waals surface area contributed by atoms with Crippen LogP contribution in [0.5, 0.6) is 0 Å². The van der Waals surface area contributed by atoms with Crippen molar-refractivity contribution in [2.24, 2.45) is 0 Å². The lowest BCUT2D eigenvalue weighted by Gasteiger charge is -2.35. The Kier molecular flexibility index (Phi) is 5.52. The van der Waals surface area contributed by atoms with E-state index < -0.39 is 4.92 Å². The molecular weight excluding hydrogens is 438 g/mol. The number of benzene rings is 1. The second-order valence-electron chi connectivity index (χ2n) is 6.45. The Labute approximate surface area is 175 Å². The Morgan fingerprint density at radius 2 is 1.69 bits per heavy atom. The first kappa shape index (κ1) is 19.1. The van der Waals surface area contributed by atoms with Crippen LogP contribution in [0.3, 0.4) is 0 Å². The van der Waals surface area contributed by atoms with Gasteiger partial charge in [0.05, 0.1) is 4.92 Å². The van der Waals surface area contributed by atoms with Crippen LogP contribution in [0.4, 0.5) is 28.8 Å². The second-order valence-corrected chi connectivity index (χ2v) is 7.36. The molecule has 0 saturated carbocycles. The molecule has 29 heavy (non-hydrogen) atoms. The highest BCUT2D eigenvalue weighted by atomic mass is 79.9. The van der Waals surface area contributed by atoms with E-state index in [2.05, 4.69) is 41.1 Å². The van der Waals surface area contributed by atoms with E-state index in [-0.39, 0.29) is 11.5 Å². The molecule has 2 aromatic heterocycles. The summed E-state index contributed by atoms with van der Waals surface area (Å²) in [7, 11) is 0. The van der Waals surface area contributed by atoms with E-state index in [9.17, 15) is 10.1 Å². The number of halogens is 1. The summed E-state index contributed by atoms with van der Waals surface area (Å²) in [4.78, 5) is 28.2. The van der Waals surface area contributed by atoms with Gasteiger partial charge in [0.1, 0.15) is 12.1 Å². The summed E-state index contributed by atoms with van der Waals surface area (Å²) in [5, 5.41) is 14.9. The summed E-state index contributed by atoms with van der Waals surface area (Å²) in [5.74, 6) is 1.40. The molecule has 0 radical (unpaired) electrons. The van der Waals surface area contributed by atoms with Crippen molar-refractivity contribution in [3.05, 3.63) is 69.6 Å². The van der Waals surface area contributed by atoms with Crippen LogP contribution in [-0.4, -0.2) is 46.1 Å². The maximum atomic E-state index is 11.8. The van der Waals surface area contributed by atoms with Gasteiger partial charge >= 0.3 is 5.69 Å². The molecular formula is C19H18BrN7O2. The topological polar surface area (TPSA) is 100 Å². The minimum atomic E-state index is -0.429. The first-order valence-corrected chi connectivity index (χ1v) is 9.84. The van der Waals surface area contributed by atoms with Crippen molar-refractivity contribution in [3.63, 3.8) is 0 Å². The SMILES string of the molecule is O=[N+]([O-])c1c(Nc2ccc(Br)cc2)ncnc1N1CCN(c2ccccn2)CC1. The summed E-state index contributed by atoms with van der Waals surface area (Å²) >= 11 is 3.38. The summed E-state index contributed by atoms with van der Waals surface area (Å²) in [6.45, 7) is 2.61. The van der Waals surface area contributed by atoms with Crippen LogP contribution < -0.4 is 15.1 Å². The van der Waals surface area contributed by atoms with Crippen molar-refractivity contribution in [3.8, 4) is 0 Å². The molecule has 9 nitrogen and oxygen atoms in total. The second kappa shape index (κ2) is 8.39. The van der Waals surface area contributed by atoms with Crippen LogP contribution in [-0.2, 0) is 0 Å². The standard InChI is InChI=1S/C19H18BrN7O2/c20-14-4-6-15(7-5-14)24-18-17(27(28)29)19(23-13-22-18)26-11-9-25(10-12-26)16-3-1-2-8-21-16/h1-8,13H,9-12H2,(H,22,23,24). The molecule has 3 heterocycles. The fraction of sp³-hybridized carbons (Fsp3) is 0.211. The zero-order valence-electron chi connectivity index (χ0n) is 15.4. The molecule has 148 valence electrons. The van der Waals surface area contributed by atoms with Crippen molar-refractivity contribution >= 4 is 44.8 Å². The summed E-state index contributed by atoms with van der Waals surface area (Å²) in [6, 6.07) is 13.1. The van der Waals surface area contributed by atoms with Crippen LogP contribution >= 0.6 is 15.9 Å². The van der Waals surface area contributed by atoms with Crippen LogP contribution in [0.2, 0.25) is 0 Å². The van der Waals surface area contributed by atoms with Crippen LogP contribution in [0.1, 0.15) is 0 Å². The van der Waals surface area contributed by atoms with E-state index in [4.69, 9.17) is 0 Å². The van der Waals surface area contributed by atoms with E-state index in [0.29, 0.717) is 37.7 Å². The Hall–Kier alpha value is -3.27. The summed E-state index contributed by atoms with van der Waals surface area (Å²) < 4.78 is 0.923. The number of pyridine rings is 1. The first-order chi connectivity index (χ1) is 14.1. The lowest BCUT2D eigenvalue weighted by molar-refractivity contribution is -0.383. The van der Waals surface area contributed by atoms with E-state index in [1.807, 2.05) is 47.4 Å². The van der Waals surface area contributed by atoms with Gasteiger partial charge in [-0.3, -0.25) is 10.1 Å². The number of nitro groups is 1. The monoisotopic (exact) mass is 455 g/mol. The minimum absolute atomic E-state index is 0.123. The van der Waals surface area contributed by atoms with Gasteiger partial charge in [0.25, 0.3) is 0 Å². The van der Waals surface area contributed by atoms with Crippen LogP contribution in [0, 0.1) is 10.1 Å². The number of aromatic nitrogens is 3. The fourth-order valence-electron chi connectivity index (χ4n) is 3.22. The average Bonchev–Trinajstić information content (AvgIpc) is 2.76. The molecule has 1 saturated heterocycles. The van der Waals surface area contributed by atoms with Gasteiger partial charge in [-0.2, -0.15) is 0 Å². The van der Waals surface area contributed by atoms with E-state index in [0.717, 1.165) is 10.3 Å². The van der Waals surface area contributed by atoms with Crippen molar-refractivity contribution in [2.75, 3.05) is 41.3 Å². The number of rotatable bonds is 5. The number of anilines is 4. The van der Waals surface area contributed by atoms with Crippen LogP contribution in [0.25, 0.3) is 0 Å². The highest BCUT2D eigenvalue weighted by Gasteiger charge is 2.29. The average molecular weight is 456 g/mol. The third-order valence-corrected chi connectivity index (χ3v) is 5.17. The minimum Gasteiger partial charge on any atom is -0.353 e. The normalized spacial score (nSPS) is 14.0. The molecule has 0 atom stereocenters. The number of nitrogens with zero attached hydrogens (tertiary/aromatic N) is 6. The van der Waals surface area contributed by atoms with E-state index in [1.165, 1.54) is 6.33 Å². The Morgan fingerprint density at radius 1 is 0.966 bits per heavy atom. The maximum absolute atomic E-state index is 11.8. The Balaban J connectivity index is 1.56. The van der Waals surface area contributed by atoms with Crippen molar-refractivity contribution < 1.29 is 4.92 Å². The molecule has 1 N–H and O–H groups in total. The van der Waals surface area contributed by atoms with Gasteiger partial charge in [0.15, 0.2) is 0 Å². The van der Waals surface area contributed by atoms with Crippen LogP contribution in [0.15, 0.2) is 59.5 Å². The highest BCUT2D eigenvalue weighted by molar-refractivity contribution is 9.10. The molecule has 1 aromatic carbocycles. The zero-order valence-corrected chi connectivity index (χ0v) is 17.0. The Morgan fingerprint density at radius 3 is 2.34 bits per heavy atom. The summed E-state index contributed by atoms with van der Waals surface area (Å²) in [5.41, 5.74) is 0.586. The molecule has 4 rings (SSSR count).